The van der Waals surface area contributed by atoms with Gasteiger partial charge in [-0.1, -0.05) is 0 Å². The van der Waals surface area contributed by atoms with E-state index in [9.17, 15) is 0 Å². The highest BCUT2D eigenvalue weighted by Crippen LogP contribution is 2.22. The van der Waals surface area contributed by atoms with Crippen molar-refractivity contribution in [3.05, 3.63) is 18.2 Å². The molecule has 3 rings (SSSR count). The van der Waals surface area contributed by atoms with Gasteiger partial charge in [0.15, 0.2) is 5.58 Å². The minimum atomic E-state index is 0.422. The Morgan fingerprint density at radius 1 is 1.53 bits per heavy atom. The Morgan fingerprint density at radius 3 is 3.18 bits per heavy atom. The molecule has 0 bridgehead atoms. The second-order valence-electron chi connectivity index (χ2n) is 4.64. The SMILES string of the molecule is CN1CCC(Nc2nc3ccc(N)cc3o2)C1. The maximum atomic E-state index is 5.70. The Kier molecular flexibility index (Phi) is 2.40. The summed E-state index contributed by atoms with van der Waals surface area (Å²) in [6.07, 6.45) is 1.12. The van der Waals surface area contributed by atoms with Gasteiger partial charge in [-0.3, -0.25) is 0 Å². The van der Waals surface area contributed by atoms with Crippen molar-refractivity contribution in [3.63, 3.8) is 0 Å². The maximum Gasteiger partial charge on any atom is 0.295 e. The third-order valence-electron chi connectivity index (χ3n) is 3.13. The third-order valence-corrected chi connectivity index (χ3v) is 3.13. The molecule has 1 unspecified atom stereocenters. The number of likely N-dealkylation sites (N-methyl/N-ethyl adjacent to an activating group) is 1. The number of oxazole rings is 1. The highest BCUT2D eigenvalue weighted by atomic mass is 16.4. The number of benzene rings is 1. The lowest BCUT2D eigenvalue weighted by Crippen LogP contribution is -2.23. The van der Waals surface area contributed by atoms with Gasteiger partial charge in [-0.2, -0.15) is 4.98 Å². The predicted molar refractivity (Wildman–Crippen MR) is 67.9 cm³/mol. The van der Waals surface area contributed by atoms with Crippen LogP contribution in [0.4, 0.5) is 11.7 Å². The normalized spacial score (nSPS) is 21.1. The van der Waals surface area contributed by atoms with Gasteiger partial charge in [0.05, 0.1) is 0 Å². The lowest BCUT2D eigenvalue weighted by Gasteiger charge is -2.10. The molecule has 2 aromatic rings. The number of nitrogen functional groups attached to an aromatic ring is 1. The number of nitrogens with two attached hydrogens (primary N) is 1. The summed E-state index contributed by atoms with van der Waals surface area (Å²) >= 11 is 0. The topological polar surface area (TPSA) is 67.3 Å². The minimum absolute atomic E-state index is 0.422. The molecule has 0 radical (unpaired) electrons. The van der Waals surface area contributed by atoms with Crippen molar-refractivity contribution in [2.24, 2.45) is 0 Å². The second kappa shape index (κ2) is 3.92. The first-order valence-electron chi connectivity index (χ1n) is 5.82. The Hall–Kier alpha value is -1.75. The van der Waals surface area contributed by atoms with Crippen molar-refractivity contribution >= 4 is 22.8 Å². The molecule has 0 saturated carbocycles. The van der Waals surface area contributed by atoms with Gasteiger partial charge in [-0.05, 0) is 32.1 Å². The molecule has 1 saturated heterocycles. The first kappa shape index (κ1) is 10.4. The summed E-state index contributed by atoms with van der Waals surface area (Å²) in [6.45, 7) is 2.14. The number of nitrogens with one attached hydrogen (secondary N) is 1. The van der Waals surface area contributed by atoms with E-state index in [0.717, 1.165) is 30.6 Å². The highest BCUT2D eigenvalue weighted by Gasteiger charge is 2.20. The smallest absolute Gasteiger partial charge is 0.295 e. The Morgan fingerprint density at radius 2 is 2.41 bits per heavy atom. The predicted octanol–water partition coefficient (Wildman–Crippen LogP) is 1.53. The van der Waals surface area contributed by atoms with Gasteiger partial charge in [0.25, 0.3) is 6.01 Å². The fourth-order valence-corrected chi connectivity index (χ4v) is 2.23. The van der Waals surface area contributed by atoms with Crippen LogP contribution in [-0.4, -0.2) is 36.1 Å². The molecule has 1 aliphatic heterocycles. The largest absolute Gasteiger partial charge is 0.423 e. The fraction of sp³-hybridized carbons (Fsp3) is 0.417. The average molecular weight is 232 g/mol. The minimum Gasteiger partial charge on any atom is -0.423 e. The van der Waals surface area contributed by atoms with Gasteiger partial charge in [-0.25, -0.2) is 0 Å². The number of hydrogen-bond donors (Lipinski definition) is 2. The lowest BCUT2D eigenvalue weighted by molar-refractivity contribution is 0.413. The molecule has 0 spiro atoms. The van der Waals surface area contributed by atoms with Gasteiger partial charge in [0, 0.05) is 24.3 Å². The van der Waals surface area contributed by atoms with E-state index in [1.54, 1.807) is 6.07 Å². The number of likely N-dealkylation sites (tertiary alicyclic amines) is 1. The van der Waals surface area contributed by atoms with Crippen molar-refractivity contribution in [2.45, 2.75) is 12.5 Å². The first-order chi connectivity index (χ1) is 8.20. The molecule has 1 aromatic heterocycles. The van der Waals surface area contributed by atoms with Crippen molar-refractivity contribution in [3.8, 4) is 0 Å². The van der Waals surface area contributed by atoms with Crippen LogP contribution in [0, 0.1) is 0 Å². The summed E-state index contributed by atoms with van der Waals surface area (Å²) in [6, 6.07) is 6.52. The molecule has 0 aliphatic carbocycles. The van der Waals surface area contributed by atoms with Crippen LogP contribution in [0.3, 0.4) is 0 Å². The standard InChI is InChI=1S/C12H16N4O/c1-16-5-4-9(7-16)14-12-15-10-3-2-8(13)6-11(10)17-12/h2-3,6,9H,4-5,7,13H2,1H3,(H,14,15). The van der Waals surface area contributed by atoms with Crippen molar-refractivity contribution in [1.29, 1.82) is 0 Å². The summed E-state index contributed by atoms with van der Waals surface area (Å²) in [4.78, 5) is 6.68. The molecule has 1 aromatic carbocycles. The average Bonchev–Trinajstić information content (AvgIpc) is 2.84. The van der Waals surface area contributed by atoms with E-state index < -0.39 is 0 Å². The van der Waals surface area contributed by atoms with E-state index in [1.807, 2.05) is 12.1 Å². The van der Waals surface area contributed by atoms with Crippen molar-refractivity contribution < 1.29 is 4.42 Å². The van der Waals surface area contributed by atoms with Crippen molar-refractivity contribution in [1.82, 2.24) is 9.88 Å². The molecule has 5 nitrogen and oxygen atoms in total. The number of aromatic nitrogens is 1. The zero-order valence-electron chi connectivity index (χ0n) is 9.81. The van der Waals surface area contributed by atoms with Gasteiger partial charge >= 0.3 is 0 Å². The molecule has 17 heavy (non-hydrogen) atoms. The quantitative estimate of drug-likeness (QED) is 0.768. The molecular weight excluding hydrogens is 216 g/mol. The second-order valence-corrected chi connectivity index (χ2v) is 4.64. The zero-order valence-corrected chi connectivity index (χ0v) is 9.81. The summed E-state index contributed by atoms with van der Waals surface area (Å²) in [7, 11) is 2.12. The number of anilines is 2. The van der Waals surface area contributed by atoms with E-state index in [-0.39, 0.29) is 0 Å². The maximum absolute atomic E-state index is 5.70. The van der Waals surface area contributed by atoms with Crippen LogP contribution < -0.4 is 11.1 Å². The molecule has 2 heterocycles. The number of hydrogen-bond acceptors (Lipinski definition) is 5. The molecule has 1 atom stereocenters. The van der Waals surface area contributed by atoms with Crippen LogP contribution in [0.1, 0.15) is 6.42 Å². The Balaban J connectivity index is 1.81. The number of fused-ring (bicyclic) bond motifs is 1. The van der Waals surface area contributed by atoms with Crippen LogP contribution >= 0.6 is 0 Å². The summed E-state index contributed by atoms with van der Waals surface area (Å²) < 4.78 is 5.63. The van der Waals surface area contributed by atoms with Crippen LogP contribution in [0.5, 0.6) is 0 Å². The molecule has 1 aliphatic rings. The molecule has 0 amide bonds. The van der Waals surface area contributed by atoms with Crippen LogP contribution in [0.15, 0.2) is 22.6 Å². The lowest BCUT2D eigenvalue weighted by atomic mass is 10.3. The van der Waals surface area contributed by atoms with Gasteiger partial charge in [0.1, 0.15) is 5.52 Å². The number of nitrogens with zero attached hydrogens (tertiary/aromatic N) is 2. The van der Waals surface area contributed by atoms with Crippen molar-refractivity contribution in [2.75, 3.05) is 31.2 Å². The molecule has 3 N–H and O–H groups in total. The third kappa shape index (κ3) is 2.06. The van der Waals surface area contributed by atoms with Gasteiger partial charge in [-0.15, -0.1) is 0 Å². The Labute approximate surface area is 99.6 Å². The van der Waals surface area contributed by atoms with Crippen LogP contribution in [0.2, 0.25) is 0 Å². The van der Waals surface area contributed by atoms with Crippen LogP contribution in [0.25, 0.3) is 11.1 Å². The summed E-state index contributed by atoms with van der Waals surface area (Å²) in [5, 5.41) is 3.32. The van der Waals surface area contributed by atoms with Gasteiger partial charge in [0.2, 0.25) is 0 Å². The zero-order chi connectivity index (χ0) is 11.8. The molecule has 90 valence electrons. The molecular formula is C12H16N4O. The van der Waals surface area contributed by atoms with E-state index in [1.165, 1.54) is 0 Å². The van der Waals surface area contributed by atoms with E-state index >= 15 is 0 Å². The molecule has 5 heteroatoms. The van der Waals surface area contributed by atoms with E-state index in [2.05, 4.69) is 22.2 Å². The van der Waals surface area contributed by atoms with E-state index in [0.29, 0.717) is 17.7 Å². The summed E-state index contributed by atoms with van der Waals surface area (Å²) in [5.74, 6) is 0. The van der Waals surface area contributed by atoms with Gasteiger partial charge < -0.3 is 20.4 Å². The number of rotatable bonds is 2. The molecule has 1 fully saturated rings. The monoisotopic (exact) mass is 232 g/mol. The van der Waals surface area contributed by atoms with E-state index in [4.69, 9.17) is 10.2 Å². The summed E-state index contributed by atoms with van der Waals surface area (Å²) in [5.41, 5.74) is 7.97. The highest BCUT2D eigenvalue weighted by molar-refractivity contribution is 5.78. The Bertz CT molecular complexity index is 536. The van der Waals surface area contributed by atoms with Crippen LogP contribution in [-0.2, 0) is 0 Å². The first-order valence-corrected chi connectivity index (χ1v) is 5.82. The fourth-order valence-electron chi connectivity index (χ4n) is 2.23.